The van der Waals surface area contributed by atoms with E-state index in [1.54, 1.807) is 19.1 Å². The summed E-state index contributed by atoms with van der Waals surface area (Å²) in [6, 6.07) is 5.25. The van der Waals surface area contributed by atoms with E-state index in [9.17, 15) is 4.79 Å². The summed E-state index contributed by atoms with van der Waals surface area (Å²) in [5.74, 6) is -0.905. The third-order valence-electron chi connectivity index (χ3n) is 3.25. The second kappa shape index (κ2) is 5.63. The highest BCUT2D eigenvalue weighted by Gasteiger charge is 2.10. The first-order valence-corrected chi connectivity index (χ1v) is 7.03. The first-order valence-electron chi connectivity index (χ1n) is 6.22. The zero-order valence-corrected chi connectivity index (χ0v) is 12.7. The maximum atomic E-state index is 11.0. The lowest BCUT2D eigenvalue weighted by Gasteiger charge is -2.08. The van der Waals surface area contributed by atoms with Gasteiger partial charge in [0, 0.05) is 16.3 Å². The fraction of sp³-hybridized carbons (Fsp3) is 0.267. The lowest BCUT2D eigenvalue weighted by molar-refractivity contribution is 0.0696. The summed E-state index contributed by atoms with van der Waals surface area (Å²) in [6.45, 7) is 7.73. The van der Waals surface area contributed by atoms with Crippen molar-refractivity contribution in [1.29, 1.82) is 0 Å². The Hall–Kier alpha value is -1.88. The smallest absolute Gasteiger partial charge is 0.335 e. The highest BCUT2D eigenvalue weighted by molar-refractivity contribution is 7.99. The number of aryl methyl sites for hydroxylation is 3. The van der Waals surface area contributed by atoms with Gasteiger partial charge in [-0.25, -0.2) is 14.8 Å². The van der Waals surface area contributed by atoms with Crippen LogP contribution in [0.15, 0.2) is 28.3 Å². The summed E-state index contributed by atoms with van der Waals surface area (Å²) < 4.78 is 0. The Labute approximate surface area is 122 Å². The Morgan fingerprint density at radius 3 is 2.20 bits per heavy atom. The van der Waals surface area contributed by atoms with Crippen LogP contribution in [0, 0.1) is 27.7 Å². The van der Waals surface area contributed by atoms with Crippen molar-refractivity contribution in [3.63, 3.8) is 0 Å². The second-order valence-corrected chi connectivity index (χ2v) is 5.73. The minimum Gasteiger partial charge on any atom is -0.478 e. The molecule has 1 aromatic heterocycles. The number of hydrogen-bond acceptors (Lipinski definition) is 4. The van der Waals surface area contributed by atoms with Gasteiger partial charge in [-0.05, 0) is 68.8 Å². The lowest BCUT2D eigenvalue weighted by Crippen LogP contribution is -2.00. The van der Waals surface area contributed by atoms with Crippen LogP contribution in [0.5, 0.6) is 0 Å². The molecule has 0 radical (unpaired) electrons. The summed E-state index contributed by atoms with van der Waals surface area (Å²) in [5.41, 5.74) is 4.11. The monoisotopic (exact) mass is 288 g/mol. The van der Waals surface area contributed by atoms with E-state index in [1.165, 1.54) is 11.8 Å². The van der Waals surface area contributed by atoms with Crippen LogP contribution < -0.4 is 0 Å². The molecule has 0 saturated heterocycles. The molecule has 2 aromatic rings. The molecule has 0 atom stereocenters. The number of benzene rings is 1. The van der Waals surface area contributed by atoms with Gasteiger partial charge in [-0.2, -0.15) is 0 Å². The van der Waals surface area contributed by atoms with Gasteiger partial charge in [-0.1, -0.05) is 0 Å². The van der Waals surface area contributed by atoms with Crippen molar-refractivity contribution >= 4 is 17.7 Å². The zero-order valence-electron chi connectivity index (χ0n) is 11.9. The maximum Gasteiger partial charge on any atom is 0.335 e. The van der Waals surface area contributed by atoms with Gasteiger partial charge >= 0.3 is 5.97 Å². The zero-order chi connectivity index (χ0) is 14.9. The maximum absolute atomic E-state index is 11.0. The molecule has 0 saturated carbocycles. The van der Waals surface area contributed by atoms with Crippen molar-refractivity contribution in [2.45, 2.75) is 37.7 Å². The number of aromatic carboxylic acids is 1. The summed E-state index contributed by atoms with van der Waals surface area (Å²) in [5, 5.41) is 9.71. The topological polar surface area (TPSA) is 63.1 Å². The SMILES string of the molecule is Cc1cc(Sc2nc(C)c(C)c(C)n2)ccc1C(=O)O. The Bertz CT molecular complexity index is 661. The highest BCUT2D eigenvalue weighted by Crippen LogP contribution is 2.27. The van der Waals surface area contributed by atoms with Gasteiger partial charge in [0.2, 0.25) is 0 Å². The van der Waals surface area contributed by atoms with Crippen LogP contribution in [-0.4, -0.2) is 21.0 Å². The number of aromatic nitrogens is 2. The van der Waals surface area contributed by atoms with Crippen LogP contribution in [0.2, 0.25) is 0 Å². The van der Waals surface area contributed by atoms with E-state index in [2.05, 4.69) is 9.97 Å². The van der Waals surface area contributed by atoms with Crippen LogP contribution in [0.4, 0.5) is 0 Å². The van der Waals surface area contributed by atoms with Gasteiger partial charge in [0.25, 0.3) is 0 Å². The van der Waals surface area contributed by atoms with Crippen molar-refractivity contribution < 1.29 is 9.90 Å². The molecular formula is C15H16N2O2S. The van der Waals surface area contributed by atoms with E-state index in [1.807, 2.05) is 26.8 Å². The van der Waals surface area contributed by atoms with Crippen LogP contribution in [-0.2, 0) is 0 Å². The predicted octanol–water partition coefficient (Wildman–Crippen LogP) is 3.56. The molecule has 0 aliphatic carbocycles. The van der Waals surface area contributed by atoms with Crippen molar-refractivity contribution in [2.24, 2.45) is 0 Å². The molecule has 0 spiro atoms. The van der Waals surface area contributed by atoms with Crippen LogP contribution in [0.25, 0.3) is 0 Å². The molecule has 1 N–H and O–H groups in total. The quantitative estimate of drug-likeness (QED) is 0.875. The summed E-state index contributed by atoms with van der Waals surface area (Å²) in [6.07, 6.45) is 0. The van der Waals surface area contributed by atoms with Gasteiger partial charge in [0.05, 0.1) is 5.56 Å². The average Bonchev–Trinajstić information content (AvgIpc) is 2.35. The van der Waals surface area contributed by atoms with E-state index >= 15 is 0 Å². The summed E-state index contributed by atoms with van der Waals surface area (Å²) in [4.78, 5) is 20.8. The molecule has 104 valence electrons. The number of carbonyl (C=O) groups is 1. The van der Waals surface area contributed by atoms with E-state index in [4.69, 9.17) is 5.11 Å². The molecule has 0 aliphatic heterocycles. The summed E-state index contributed by atoms with van der Waals surface area (Å²) in [7, 11) is 0. The number of carboxylic acid groups (broad SMARTS) is 1. The predicted molar refractivity (Wildman–Crippen MR) is 78.5 cm³/mol. The molecule has 0 aliphatic rings. The molecule has 0 fully saturated rings. The molecule has 2 rings (SSSR count). The first kappa shape index (κ1) is 14.5. The van der Waals surface area contributed by atoms with Crippen molar-refractivity contribution in [2.75, 3.05) is 0 Å². The van der Waals surface area contributed by atoms with Crippen LogP contribution >= 0.6 is 11.8 Å². The molecule has 1 heterocycles. The molecule has 0 amide bonds. The third kappa shape index (κ3) is 2.99. The molecule has 5 heteroatoms. The Balaban J connectivity index is 2.31. The van der Waals surface area contributed by atoms with Crippen LogP contribution in [0.1, 0.15) is 32.9 Å². The number of nitrogens with zero attached hydrogens (tertiary/aromatic N) is 2. The fourth-order valence-corrected chi connectivity index (χ4v) is 2.78. The van der Waals surface area contributed by atoms with Crippen LogP contribution in [0.3, 0.4) is 0 Å². The Morgan fingerprint density at radius 1 is 1.10 bits per heavy atom. The van der Waals surface area contributed by atoms with Crippen molar-refractivity contribution in [1.82, 2.24) is 9.97 Å². The minimum atomic E-state index is -0.905. The van der Waals surface area contributed by atoms with Gasteiger partial charge < -0.3 is 5.11 Å². The average molecular weight is 288 g/mol. The van der Waals surface area contributed by atoms with Gasteiger partial charge in [-0.15, -0.1) is 0 Å². The largest absolute Gasteiger partial charge is 0.478 e. The van der Waals surface area contributed by atoms with E-state index in [0.29, 0.717) is 10.7 Å². The molecule has 4 nitrogen and oxygen atoms in total. The molecule has 20 heavy (non-hydrogen) atoms. The Morgan fingerprint density at radius 2 is 1.70 bits per heavy atom. The van der Waals surface area contributed by atoms with E-state index in [0.717, 1.165) is 27.4 Å². The number of hydrogen-bond donors (Lipinski definition) is 1. The number of rotatable bonds is 3. The molecule has 0 bridgehead atoms. The number of carboxylic acids is 1. The van der Waals surface area contributed by atoms with Crippen molar-refractivity contribution in [3.05, 3.63) is 46.3 Å². The van der Waals surface area contributed by atoms with E-state index in [-0.39, 0.29) is 0 Å². The fourth-order valence-electron chi connectivity index (χ4n) is 1.83. The standard InChI is InChI=1S/C15H16N2O2S/c1-8-7-12(5-6-13(8)14(18)19)20-15-16-10(3)9(2)11(4)17-15/h5-7H,1-4H3,(H,18,19). The minimum absolute atomic E-state index is 0.325. The molecule has 0 unspecified atom stereocenters. The summed E-state index contributed by atoms with van der Waals surface area (Å²) >= 11 is 1.44. The first-order chi connectivity index (χ1) is 9.38. The molecular weight excluding hydrogens is 272 g/mol. The molecule has 1 aromatic carbocycles. The highest BCUT2D eigenvalue weighted by atomic mass is 32.2. The van der Waals surface area contributed by atoms with Gasteiger partial charge in [0.15, 0.2) is 5.16 Å². The second-order valence-electron chi connectivity index (χ2n) is 4.69. The normalized spacial score (nSPS) is 10.6. The lowest BCUT2D eigenvalue weighted by atomic mass is 10.1. The third-order valence-corrected chi connectivity index (χ3v) is 4.10. The van der Waals surface area contributed by atoms with Gasteiger partial charge in [0.1, 0.15) is 0 Å². The van der Waals surface area contributed by atoms with Gasteiger partial charge in [-0.3, -0.25) is 0 Å². The Kier molecular flexibility index (Phi) is 4.09. The van der Waals surface area contributed by atoms with Crippen molar-refractivity contribution in [3.8, 4) is 0 Å². The van der Waals surface area contributed by atoms with E-state index < -0.39 is 5.97 Å².